The molecule has 1 atom stereocenters. The molecule has 146 valence electrons. The van der Waals surface area contributed by atoms with Crippen LogP contribution in [-0.4, -0.2) is 29.1 Å². The zero-order chi connectivity index (χ0) is 18.5. The summed E-state index contributed by atoms with van der Waals surface area (Å²) in [4.78, 5) is 4.99. The Balaban J connectivity index is 1.48. The molecule has 0 N–H and O–H groups in total. The van der Waals surface area contributed by atoms with E-state index in [1.807, 2.05) is 0 Å². The highest BCUT2D eigenvalue weighted by atomic mass is 15.4. The summed E-state index contributed by atoms with van der Waals surface area (Å²) in [5.74, 6) is 0. The number of benzene rings is 1. The minimum atomic E-state index is 0.511. The van der Waals surface area contributed by atoms with Gasteiger partial charge in [0.15, 0.2) is 0 Å². The fraction of sp³-hybridized carbons (Fsp3) is 0.667. The molecule has 0 spiro atoms. The van der Waals surface area contributed by atoms with E-state index < -0.39 is 0 Å². The van der Waals surface area contributed by atoms with E-state index in [1.165, 1.54) is 76.3 Å². The standard InChI is InChI=1S/C24H40N2/c1-3-4-5-6-7-8-9-10-11-15-19-25-21-22-26(23(25)2)20-18-24-16-13-12-14-17-24/h12-14,16-17,21-23H,3-11,15,18-20H2,1-2H3. The summed E-state index contributed by atoms with van der Waals surface area (Å²) >= 11 is 0. The molecule has 0 radical (unpaired) electrons. The van der Waals surface area contributed by atoms with Gasteiger partial charge >= 0.3 is 0 Å². The third kappa shape index (κ3) is 7.85. The third-order valence-electron chi connectivity index (χ3n) is 5.68. The molecule has 1 heterocycles. The monoisotopic (exact) mass is 356 g/mol. The molecular formula is C24H40N2. The second kappa shape index (κ2) is 12.8. The topological polar surface area (TPSA) is 6.48 Å². The first-order valence-electron chi connectivity index (χ1n) is 11.0. The molecule has 2 nitrogen and oxygen atoms in total. The van der Waals surface area contributed by atoms with Gasteiger partial charge in [0.1, 0.15) is 0 Å². The first-order chi connectivity index (χ1) is 12.8. The molecule has 0 aliphatic carbocycles. The predicted octanol–water partition coefficient (Wildman–Crippen LogP) is 6.58. The zero-order valence-electron chi connectivity index (χ0n) is 17.2. The van der Waals surface area contributed by atoms with Crippen molar-refractivity contribution in [1.82, 2.24) is 9.80 Å². The molecule has 0 saturated carbocycles. The minimum absolute atomic E-state index is 0.511. The van der Waals surface area contributed by atoms with Gasteiger partial charge < -0.3 is 9.80 Å². The molecule has 1 aromatic carbocycles. The first kappa shape index (κ1) is 20.9. The number of unbranched alkanes of at least 4 members (excludes halogenated alkanes) is 9. The highest BCUT2D eigenvalue weighted by molar-refractivity contribution is 5.15. The van der Waals surface area contributed by atoms with Gasteiger partial charge in [-0.2, -0.15) is 0 Å². The largest absolute Gasteiger partial charge is 0.356 e. The molecule has 1 unspecified atom stereocenters. The quantitative estimate of drug-likeness (QED) is 0.347. The molecule has 0 bridgehead atoms. The van der Waals surface area contributed by atoms with E-state index in [4.69, 9.17) is 0 Å². The number of hydrogen-bond acceptors (Lipinski definition) is 2. The lowest BCUT2D eigenvalue weighted by molar-refractivity contribution is 0.169. The second-order valence-electron chi connectivity index (χ2n) is 7.82. The SMILES string of the molecule is CCCCCCCCCCCCN1C=CN(CCc2ccccc2)C1C. The Morgan fingerprint density at radius 1 is 0.692 bits per heavy atom. The van der Waals surface area contributed by atoms with Gasteiger partial charge in [0.2, 0.25) is 0 Å². The molecular weight excluding hydrogens is 316 g/mol. The van der Waals surface area contributed by atoms with Gasteiger partial charge in [-0.25, -0.2) is 0 Å². The Bertz CT molecular complexity index is 482. The number of nitrogens with zero attached hydrogens (tertiary/aromatic N) is 2. The van der Waals surface area contributed by atoms with Gasteiger partial charge in [-0.1, -0.05) is 95.0 Å². The first-order valence-corrected chi connectivity index (χ1v) is 11.0. The van der Waals surface area contributed by atoms with Crippen LogP contribution >= 0.6 is 0 Å². The normalized spacial score (nSPS) is 16.6. The molecule has 2 heteroatoms. The van der Waals surface area contributed by atoms with Crippen LogP contribution in [-0.2, 0) is 6.42 Å². The summed E-state index contributed by atoms with van der Waals surface area (Å²) in [7, 11) is 0. The molecule has 1 aliphatic rings. The van der Waals surface area contributed by atoms with Crippen LogP contribution < -0.4 is 0 Å². The number of rotatable bonds is 14. The van der Waals surface area contributed by atoms with E-state index in [1.54, 1.807) is 0 Å². The maximum absolute atomic E-state index is 2.51. The second-order valence-corrected chi connectivity index (χ2v) is 7.82. The van der Waals surface area contributed by atoms with Crippen LogP contribution in [0.1, 0.15) is 83.6 Å². The van der Waals surface area contributed by atoms with Crippen molar-refractivity contribution in [3.8, 4) is 0 Å². The Morgan fingerprint density at radius 3 is 1.85 bits per heavy atom. The summed E-state index contributed by atoms with van der Waals surface area (Å²) in [5, 5.41) is 0. The highest BCUT2D eigenvalue weighted by Crippen LogP contribution is 2.18. The molecule has 0 saturated heterocycles. The third-order valence-corrected chi connectivity index (χ3v) is 5.68. The van der Waals surface area contributed by atoms with Gasteiger partial charge in [-0.05, 0) is 25.3 Å². The van der Waals surface area contributed by atoms with E-state index in [9.17, 15) is 0 Å². The van der Waals surface area contributed by atoms with Crippen LogP contribution in [0.2, 0.25) is 0 Å². The Kier molecular flexibility index (Phi) is 10.3. The van der Waals surface area contributed by atoms with Crippen molar-refractivity contribution in [2.24, 2.45) is 0 Å². The lowest BCUT2D eigenvalue weighted by atomic mass is 10.1. The smallest absolute Gasteiger partial charge is 0.0977 e. The van der Waals surface area contributed by atoms with Crippen molar-refractivity contribution in [2.45, 2.75) is 90.6 Å². The lowest BCUT2D eigenvalue weighted by Crippen LogP contribution is -2.37. The molecule has 26 heavy (non-hydrogen) atoms. The molecule has 0 amide bonds. The molecule has 0 fully saturated rings. The van der Waals surface area contributed by atoms with Crippen molar-refractivity contribution in [3.05, 3.63) is 48.3 Å². The maximum atomic E-state index is 2.51. The Morgan fingerprint density at radius 2 is 1.23 bits per heavy atom. The molecule has 1 aromatic rings. The number of hydrogen-bond donors (Lipinski definition) is 0. The van der Waals surface area contributed by atoms with Crippen LogP contribution in [0.25, 0.3) is 0 Å². The summed E-state index contributed by atoms with van der Waals surface area (Å²) in [6.07, 6.45) is 20.3. The van der Waals surface area contributed by atoms with Crippen LogP contribution in [0, 0.1) is 0 Å². The van der Waals surface area contributed by atoms with Crippen molar-refractivity contribution in [1.29, 1.82) is 0 Å². The van der Waals surface area contributed by atoms with E-state index in [0.29, 0.717) is 6.17 Å². The fourth-order valence-corrected chi connectivity index (χ4v) is 3.82. The van der Waals surface area contributed by atoms with Crippen LogP contribution in [0.3, 0.4) is 0 Å². The van der Waals surface area contributed by atoms with Crippen molar-refractivity contribution >= 4 is 0 Å². The fourth-order valence-electron chi connectivity index (χ4n) is 3.82. The summed E-state index contributed by atoms with van der Waals surface area (Å²) in [6, 6.07) is 10.8. The lowest BCUT2D eigenvalue weighted by Gasteiger charge is -2.30. The van der Waals surface area contributed by atoms with Crippen LogP contribution in [0.4, 0.5) is 0 Å². The molecule has 0 aromatic heterocycles. The van der Waals surface area contributed by atoms with Gasteiger partial charge in [-0.15, -0.1) is 0 Å². The summed E-state index contributed by atoms with van der Waals surface area (Å²) < 4.78 is 0. The molecule has 2 rings (SSSR count). The average Bonchev–Trinajstić information content (AvgIpc) is 3.02. The van der Waals surface area contributed by atoms with Crippen LogP contribution in [0.15, 0.2) is 42.7 Å². The van der Waals surface area contributed by atoms with E-state index in [2.05, 4.69) is 66.4 Å². The van der Waals surface area contributed by atoms with Gasteiger partial charge in [0.05, 0.1) is 6.17 Å². The Labute approximate surface area is 162 Å². The van der Waals surface area contributed by atoms with Gasteiger partial charge in [0, 0.05) is 25.5 Å². The molecule has 1 aliphatic heterocycles. The minimum Gasteiger partial charge on any atom is -0.356 e. The average molecular weight is 357 g/mol. The van der Waals surface area contributed by atoms with Gasteiger partial charge in [-0.3, -0.25) is 0 Å². The maximum Gasteiger partial charge on any atom is 0.0977 e. The van der Waals surface area contributed by atoms with Crippen molar-refractivity contribution < 1.29 is 0 Å². The van der Waals surface area contributed by atoms with Crippen molar-refractivity contribution in [3.63, 3.8) is 0 Å². The van der Waals surface area contributed by atoms with Crippen LogP contribution in [0.5, 0.6) is 0 Å². The zero-order valence-corrected chi connectivity index (χ0v) is 17.2. The van der Waals surface area contributed by atoms with E-state index >= 15 is 0 Å². The Hall–Kier alpha value is -1.44. The highest BCUT2D eigenvalue weighted by Gasteiger charge is 2.20. The summed E-state index contributed by atoms with van der Waals surface area (Å²) in [5.41, 5.74) is 1.43. The van der Waals surface area contributed by atoms with Gasteiger partial charge in [0.25, 0.3) is 0 Å². The summed E-state index contributed by atoms with van der Waals surface area (Å²) in [6.45, 7) is 6.94. The van der Waals surface area contributed by atoms with E-state index in [0.717, 1.165) is 13.0 Å². The predicted molar refractivity (Wildman–Crippen MR) is 114 cm³/mol. The van der Waals surface area contributed by atoms with Crippen molar-refractivity contribution in [2.75, 3.05) is 13.1 Å². The van der Waals surface area contributed by atoms with E-state index in [-0.39, 0.29) is 0 Å².